The minimum atomic E-state index is -0.711. The molecule has 3 N–H and O–H groups in total. The van der Waals surface area contributed by atoms with Crippen molar-refractivity contribution in [2.45, 2.75) is 6.54 Å². The monoisotopic (exact) mass is 275 g/mol. The summed E-state index contributed by atoms with van der Waals surface area (Å²) < 4.78 is 5.94. The Bertz CT molecular complexity index is 744. The van der Waals surface area contributed by atoms with Crippen molar-refractivity contribution < 1.29 is 9.53 Å². The number of H-pyrrole nitrogens is 1. The number of nitrogens with one attached hydrogen (secondary N) is 1. The van der Waals surface area contributed by atoms with Crippen LogP contribution < -0.4 is 21.7 Å². The summed E-state index contributed by atoms with van der Waals surface area (Å²) in [4.78, 5) is 36.8. The first-order valence-corrected chi connectivity index (χ1v) is 5.77. The fourth-order valence-electron chi connectivity index (χ4n) is 1.77. The third kappa shape index (κ3) is 2.46. The number of carbonyl (C=O) groups is 1. The van der Waals surface area contributed by atoms with Crippen molar-refractivity contribution >= 4 is 12.1 Å². The molecule has 0 aliphatic rings. The molecule has 0 saturated heterocycles. The number of rotatable bonds is 4. The molecule has 0 unspecified atom stereocenters. The number of hydrogen-bond acceptors (Lipinski definition) is 5. The van der Waals surface area contributed by atoms with Crippen LogP contribution in [0.3, 0.4) is 0 Å². The number of hydrogen-bond donors (Lipinski definition) is 2. The van der Waals surface area contributed by atoms with Crippen LogP contribution in [-0.4, -0.2) is 22.9 Å². The lowest BCUT2D eigenvalue weighted by Gasteiger charge is -2.07. The highest BCUT2D eigenvalue weighted by Crippen LogP contribution is 2.11. The van der Waals surface area contributed by atoms with Gasteiger partial charge in [-0.25, -0.2) is 4.79 Å². The Morgan fingerprint density at radius 3 is 2.50 bits per heavy atom. The normalized spacial score (nSPS) is 10.2. The van der Waals surface area contributed by atoms with Crippen molar-refractivity contribution in [1.29, 1.82) is 0 Å². The molecule has 7 nitrogen and oxygen atoms in total. The molecule has 1 heterocycles. The van der Waals surface area contributed by atoms with Gasteiger partial charge >= 0.3 is 5.69 Å². The Labute approximate surface area is 113 Å². The molecule has 2 aromatic rings. The van der Waals surface area contributed by atoms with Crippen LogP contribution in [0.15, 0.2) is 33.9 Å². The van der Waals surface area contributed by atoms with Crippen LogP contribution in [0.1, 0.15) is 15.9 Å². The molecule has 0 fully saturated rings. The Hall–Kier alpha value is -2.83. The van der Waals surface area contributed by atoms with E-state index in [1.807, 2.05) is 0 Å². The first kappa shape index (κ1) is 13.6. The van der Waals surface area contributed by atoms with Gasteiger partial charge in [-0.15, -0.1) is 0 Å². The molecule has 0 amide bonds. The lowest BCUT2D eigenvalue weighted by molar-refractivity contribution is 0.112. The Morgan fingerprint density at radius 1 is 1.30 bits per heavy atom. The standard InChI is InChI=1S/C13H13N3O4/c1-20-9-4-2-8(3-5-9)6-16-12(18)10(7-17)11(14)15-13(16)19/h2-5,7H,6,14H2,1H3,(H,15,19). The van der Waals surface area contributed by atoms with Crippen molar-refractivity contribution in [3.63, 3.8) is 0 Å². The van der Waals surface area contributed by atoms with E-state index in [4.69, 9.17) is 10.5 Å². The molecule has 0 radical (unpaired) electrons. The number of nitrogen functional groups attached to an aromatic ring is 1. The van der Waals surface area contributed by atoms with Gasteiger partial charge in [0.15, 0.2) is 6.29 Å². The highest BCUT2D eigenvalue weighted by molar-refractivity contribution is 5.80. The van der Waals surface area contributed by atoms with Crippen molar-refractivity contribution in [2.24, 2.45) is 0 Å². The maximum atomic E-state index is 12.0. The molecule has 0 aliphatic heterocycles. The lowest BCUT2D eigenvalue weighted by Crippen LogP contribution is -2.38. The van der Waals surface area contributed by atoms with Crippen molar-refractivity contribution in [3.8, 4) is 5.75 Å². The minimum Gasteiger partial charge on any atom is -0.497 e. The lowest BCUT2D eigenvalue weighted by atomic mass is 10.2. The molecule has 1 aromatic carbocycles. The predicted molar refractivity (Wildman–Crippen MR) is 73.2 cm³/mol. The summed E-state index contributed by atoms with van der Waals surface area (Å²) in [5.74, 6) is 0.446. The average Bonchev–Trinajstić information content (AvgIpc) is 2.44. The number of aromatic amines is 1. The van der Waals surface area contributed by atoms with Gasteiger partial charge in [0.05, 0.1) is 13.7 Å². The van der Waals surface area contributed by atoms with Crippen molar-refractivity contribution in [3.05, 3.63) is 56.2 Å². The van der Waals surface area contributed by atoms with E-state index < -0.39 is 11.2 Å². The second-order valence-electron chi connectivity index (χ2n) is 4.11. The summed E-state index contributed by atoms with van der Waals surface area (Å²) >= 11 is 0. The van der Waals surface area contributed by atoms with E-state index in [2.05, 4.69) is 4.98 Å². The fourth-order valence-corrected chi connectivity index (χ4v) is 1.77. The smallest absolute Gasteiger partial charge is 0.330 e. The van der Waals surface area contributed by atoms with E-state index in [0.717, 1.165) is 10.1 Å². The molecule has 0 bridgehead atoms. The van der Waals surface area contributed by atoms with Gasteiger partial charge in [-0.1, -0.05) is 12.1 Å². The molecule has 0 aliphatic carbocycles. The molecular formula is C13H13N3O4. The summed E-state index contributed by atoms with van der Waals surface area (Å²) in [6.45, 7) is 0.0410. The summed E-state index contributed by atoms with van der Waals surface area (Å²) in [6.07, 6.45) is 0.331. The number of methoxy groups -OCH3 is 1. The molecule has 0 spiro atoms. The number of benzene rings is 1. The van der Waals surface area contributed by atoms with E-state index >= 15 is 0 Å². The van der Waals surface area contributed by atoms with Gasteiger partial charge in [0.25, 0.3) is 5.56 Å². The summed E-state index contributed by atoms with van der Waals surface area (Å²) in [5.41, 5.74) is 4.52. The van der Waals surface area contributed by atoms with Gasteiger partial charge in [0, 0.05) is 0 Å². The summed E-state index contributed by atoms with van der Waals surface area (Å²) in [7, 11) is 1.54. The highest BCUT2D eigenvalue weighted by Gasteiger charge is 2.11. The van der Waals surface area contributed by atoms with Gasteiger partial charge in [-0.2, -0.15) is 0 Å². The number of ether oxygens (including phenoxy) is 1. The number of aldehydes is 1. The van der Waals surface area contributed by atoms with Crippen LogP contribution in [-0.2, 0) is 6.54 Å². The van der Waals surface area contributed by atoms with Crippen LogP contribution in [0.5, 0.6) is 5.75 Å². The third-order valence-electron chi connectivity index (χ3n) is 2.87. The van der Waals surface area contributed by atoms with Crippen molar-refractivity contribution in [2.75, 3.05) is 12.8 Å². The number of nitrogens with two attached hydrogens (primary N) is 1. The van der Waals surface area contributed by atoms with Crippen LogP contribution in [0.25, 0.3) is 0 Å². The number of carbonyl (C=O) groups excluding carboxylic acids is 1. The van der Waals surface area contributed by atoms with Crippen LogP contribution in [0, 0.1) is 0 Å². The fraction of sp³-hybridized carbons (Fsp3) is 0.154. The maximum Gasteiger partial charge on any atom is 0.330 e. The molecule has 7 heteroatoms. The van der Waals surface area contributed by atoms with E-state index in [1.165, 1.54) is 0 Å². The van der Waals surface area contributed by atoms with Crippen molar-refractivity contribution in [1.82, 2.24) is 9.55 Å². The zero-order valence-electron chi connectivity index (χ0n) is 10.8. The van der Waals surface area contributed by atoms with E-state index in [-0.39, 0.29) is 17.9 Å². The largest absolute Gasteiger partial charge is 0.497 e. The first-order valence-electron chi connectivity index (χ1n) is 5.77. The molecule has 20 heavy (non-hydrogen) atoms. The molecule has 0 atom stereocenters. The zero-order chi connectivity index (χ0) is 14.7. The molecule has 1 aromatic heterocycles. The first-order chi connectivity index (χ1) is 9.56. The van der Waals surface area contributed by atoms with Crippen LogP contribution >= 0.6 is 0 Å². The van der Waals surface area contributed by atoms with Gasteiger partial charge in [0.1, 0.15) is 17.1 Å². The Morgan fingerprint density at radius 2 is 1.95 bits per heavy atom. The summed E-state index contributed by atoms with van der Waals surface area (Å²) in [6, 6.07) is 6.88. The SMILES string of the molecule is COc1ccc(Cn2c(=O)[nH]c(N)c(C=O)c2=O)cc1. The number of nitrogens with zero attached hydrogens (tertiary/aromatic N) is 1. The Balaban J connectivity index is 2.45. The van der Waals surface area contributed by atoms with E-state index in [1.54, 1.807) is 31.4 Å². The molecule has 2 rings (SSSR count). The quantitative estimate of drug-likeness (QED) is 0.763. The second-order valence-corrected chi connectivity index (χ2v) is 4.11. The average molecular weight is 275 g/mol. The third-order valence-corrected chi connectivity index (χ3v) is 2.87. The van der Waals surface area contributed by atoms with Gasteiger partial charge in [-0.3, -0.25) is 19.1 Å². The summed E-state index contributed by atoms with van der Waals surface area (Å²) in [5, 5.41) is 0. The van der Waals surface area contributed by atoms with E-state index in [0.29, 0.717) is 12.0 Å². The predicted octanol–water partition coefficient (Wildman–Crippen LogP) is -0.0118. The highest BCUT2D eigenvalue weighted by atomic mass is 16.5. The number of anilines is 1. The van der Waals surface area contributed by atoms with E-state index in [9.17, 15) is 14.4 Å². The second kappa shape index (κ2) is 5.43. The molecule has 104 valence electrons. The zero-order valence-corrected chi connectivity index (χ0v) is 10.8. The Kier molecular flexibility index (Phi) is 3.69. The van der Waals surface area contributed by atoms with Crippen LogP contribution in [0.4, 0.5) is 5.82 Å². The number of aromatic nitrogens is 2. The van der Waals surface area contributed by atoms with Gasteiger partial charge in [0.2, 0.25) is 0 Å². The molecule has 0 saturated carbocycles. The maximum absolute atomic E-state index is 12.0. The minimum absolute atomic E-state index is 0.0410. The molecular weight excluding hydrogens is 262 g/mol. The topological polar surface area (TPSA) is 107 Å². The van der Waals surface area contributed by atoms with Crippen LogP contribution in [0.2, 0.25) is 0 Å². The van der Waals surface area contributed by atoms with Gasteiger partial charge in [-0.05, 0) is 17.7 Å². The van der Waals surface area contributed by atoms with Gasteiger partial charge < -0.3 is 10.5 Å².